The maximum Gasteiger partial charge on any atom is 0.237 e. The number of nitrogens with one attached hydrogen (secondary N) is 3. The van der Waals surface area contributed by atoms with Gasteiger partial charge in [0, 0.05) is 26.6 Å². The molecule has 1 atom stereocenters. The number of fused-ring (bicyclic) bond motifs is 1. The lowest BCUT2D eigenvalue weighted by molar-refractivity contribution is -0.123. The summed E-state index contributed by atoms with van der Waals surface area (Å²) in [4.78, 5) is 19.0. The number of imidazole rings is 1. The summed E-state index contributed by atoms with van der Waals surface area (Å²) in [5.41, 5.74) is 2.05. The van der Waals surface area contributed by atoms with Crippen LogP contribution < -0.4 is 10.6 Å². The van der Waals surface area contributed by atoms with Gasteiger partial charge in [-0.05, 0) is 0 Å². The fraction of sp³-hybridized carbons (Fsp3) is 0.600. The van der Waals surface area contributed by atoms with Crippen LogP contribution in [0, 0.1) is 0 Å². The lowest BCUT2D eigenvalue weighted by atomic mass is 10.1. The van der Waals surface area contributed by atoms with E-state index in [-0.39, 0.29) is 11.9 Å². The van der Waals surface area contributed by atoms with Crippen LogP contribution in [0.3, 0.4) is 0 Å². The number of amides is 1. The first-order valence-electron chi connectivity index (χ1n) is 5.32. The van der Waals surface area contributed by atoms with Crippen LogP contribution in [0.4, 0.5) is 0 Å². The van der Waals surface area contributed by atoms with Crippen LogP contribution in [0.15, 0.2) is 6.33 Å². The van der Waals surface area contributed by atoms with Gasteiger partial charge in [0.1, 0.15) is 0 Å². The molecule has 0 aromatic carbocycles. The molecule has 0 saturated carbocycles. The van der Waals surface area contributed by atoms with Crippen LogP contribution >= 0.6 is 0 Å². The summed E-state index contributed by atoms with van der Waals surface area (Å²) in [5, 5.41) is 5.98. The molecule has 2 heterocycles. The molecule has 16 heavy (non-hydrogen) atoms. The summed E-state index contributed by atoms with van der Waals surface area (Å²) >= 11 is 0. The SMILES string of the molecule is COCCNC(=O)C1Cc2nc[nH]c2CN1. The molecule has 0 aliphatic carbocycles. The molecule has 6 nitrogen and oxygen atoms in total. The Kier molecular flexibility index (Phi) is 3.53. The molecular weight excluding hydrogens is 208 g/mol. The number of carbonyl (C=O) groups is 1. The molecule has 0 spiro atoms. The number of H-pyrrole nitrogens is 1. The van der Waals surface area contributed by atoms with Gasteiger partial charge in [-0.2, -0.15) is 0 Å². The molecule has 1 aliphatic rings. The molecule has 2 rings (SSSR count). The average molecular weight is 224 g/mol. The Morgan fingerprint density at radius 2 is 2.62 bits per heavy atom. The van der Waals surface area contributed by atoms with E-state index in [1.807, 2.05) is 0 Å². The lowest BCUT2D eigenvalue weighted by Gasteiger charge is -2.22. The second kappa shape index (κ2) is 5.09. The van der Waals surface area contributed by atoms with E-state index in [4.69, 9.17) is 4.74 Å². The molecular formula is C10H16N4O2. The topological polar surface area (TPSA) is 79.0 Å². The molecule has 0 bridgehead atoms. The van der Waals surface area contributed by atoms with Crippen molar-refractivity contribution in [2.75, 3.05) is 20.3 Å². The first-order valence-corrected chi connectivity index (χ1v) is 5.32. The summed E-state index contributed by atoms with van der Waals surface area (Å²) < 4.78 is 4.87. The fourth-order valence-electron chi connectivity index (χ4n) is 1.75. The van der Waals surface area contributed by atoms with Crippen molar-refractivity contribution in [3.63, 3.8) is 0 Å². The number of hydrogen-bond acceptors (Lipinski definition) is 4. The molecule has 0 saturated heterocycles. The lowest BCUT2D eigenvalue weighted by Crippen LogP contribution is -2.48. The Morgan fingerprint density at radius 3 is 3.44 bits per heavy atom. The monoisotopic (exact) mass is 224 g/mol. The molecule has 0 fully saturated rings. The van der Waals surface area contributed by atoms with E-state index >= 15 is 0 Å². The Morgan fingerprint density at radius 1 is 1.75 bits per heavy atom. The van der Waals surface area contributed by atoms with Crippen molar-refractivity contribution < 1.29 is 9.53 Å². The van der Waals surface area contributed by atoms with Gasteiger partial charge in [0.15, 0.2) is 0 Å². The Balaban J connectivity index is 1.86. The van der Waals surface area contributed by atoms with Crippen molar-refractivity contribution in [1.82, 2.24) is 20.6 Å². The zero-order chi connectivity index (χ0) is 11.4. The van der Waals surface area contributed by atoms with Gasteiger partial charge in [-0.3, -0.25) is 10.1 Å². The second-order valence-electron chi connectivity index (χ2n) is 3.75. The number of rotatable bonds is 4. The van der Waals surface area contributed by atoms with Crippen molar-refractivity contribution in [2.45, 2.75) is 19.0 Å². The van der Waals surface area contributed by atoms with Gasteiger partial charge in [0.25, 0.3) is 0 Å². The third kappa shape index (κ3) is 2.40. The smallest absolute Gasteiger partial charge is 0.237 e. The Labute approximate surface area is 93.8 Å². The predicted molar refractivity (Wildman–Crippen MR) is 57.8 cm³/mol. The largest absolute Gasteiger partial charge is 0.383 e. The van der Waals surface area contributed by atoms with E-state index in [1.54, 1.807) is 13.4 Å². The zero-order valence-corrected chi connectivity index (χ0v) is 9.25. The molecule has 1 aliphatic heterocycles. The third-order valence-electron chi connectivity index (χ3n) is 2.65. The first-order chi connectivity index (χ1) is 7.81. The van der Waals surface area contributed by atoms with Crippen molar-refractivity contribution in [3.8, 4) is 0 Å². The zero-order valence-electron chi connectivity index (χ0n) is 9.25. The molecule has 6 heteroatoms. The van der Waals surface area contributed by atoms with E-state index in [2.05, 4.69) is 20.6 Å². The van der Waals surface area contributed by atoms with E-state index in [0.717, 1.165) is 11.4 Å². The highest BCUT2D eigenvalue weighted by Gasteiger charge is 2.25. The Hall–Kier alpha value is -1.40. The Bertz CT molecular complexity index is 363. The minimum absolute atomic E-state index is 0.00528. The number of methoxy groups -OCH3 is 1. The van der Waals surface area contributed by atoms with Gasteiger partial charge < -0.3 is 15.0 Å². The number of ether oxygens (including phenoxy) is 1. The van der Waals surface area contributed by atoms with Gasteiger partial charge in [0.2, 0.25) is 5.91 Å². The third-order valence-corrected chi connectivity index (χ3v) is 2.65. The molecule has 1 amide bonds. The van der Waals surface area contributed by atoms with Crippen molar-refractivity contribution in [1.29, 1.82) is 0 Å². The normalized spacial score (nSPS) is 19.2. The van der Waals surface area contributed by atoms with Gasteiger partial charge in [-0.1, -0.05) is 0 Å². The van der Waals surface area contributed by atoms with Gasteiger partial charge in [-0.25, -0.2) is 4.98 Å². The summed E-state index contributed by atoms with van der Waals surface area (Å²) in [6.07, 6.45) is 2.30. The number of aromatic amines is 1. The van der Waals surface area contributed by atoms with E-state index in [0.29, 0.717) is 26.1 Å². The molecule has 3 N–H and O–H groups in total. The van der Waals surface area contributed by atoms with Crippen molar-refractivity contribution >= 4 is 5.91 Å². The molecule has 1 unspecified atom stereocenters. The quantitative estimate of drug-likeness (QED) is 0.584. The molecule has 1 aromatic heterocycles. The highest BCUT2D eigenvalue weighted by molar-refractivity contribution is 5.82. The van der Waals surface area contributed by atoms with Crippen LogP contribution in [0.25, 0.3) is 0 Å². The van der Waals surface area contributed by atoms with Gasteiger partial charge in [-0.15, -0.1) is 0 Å². The van der Waals surface area contributed by atoms with Crippen molar-refractivity contribution in [2.24, 2.45) is 0 Å². The maximum absolute atomic E-state index is 11.7. The molecule has 0 radical (unpaired) electrons. The van der Waals surface area contributed by atoms with Crippen LogP contribution in [0.5, 0.6) is 0 Å². The standard InChI is InChI=1S/C10H16N4O2/c1-16-3-2-11-10(15)8-4-7-9(5-12-8)14-6-13-7/h6,8,12H,2-5H2,1H3,(H,11,15)(H,13,14). The minimum Gasteiger partial charge on any atom is -0.383 e. The second-order valence-corrected chi connectivity index (χ2v) is 3.75. The first kappa shape index (κ1) is 11.1. The number of carbonyl (C=O) groups excluding carboxylic acids is 1. The summed E-state index contributed by atoms with van der Waals surface area (Å²) in [6.45, 7) is 1.74. The predicted octanol–water partition coefficient (Wildman–Crippen LogP) is -0.813. The van der Waals surface area contributed by atoms with Gasteiger partial charge >= 0.3 is 0 Å². The van der Waals surface area contributed by atoms with E-state index in [9.17, 15) is 4.79 Å². The minimum atomic E-state index is -0.187. The summed E-state index contributed by atoms with van der Waals surface area (Å²) in [7, 11) is 1.61. The summed E-state index contributed by atoms with van der Waals surface area (Å²) in [6, 6.07) is -0.187. The number of hydrogen-bond donors (Lipinski definition) is 3. The van der Waals surface area contributed by atoms with E-state index in [1.165, 1.54) is 0 Å². The van der Waals surface area contributed by atoms with Crippen molar-refractivity contribution in [3.05, 3.63) is 17.7 Å². The van der Waals surface area contributed by atoms with Crippen LogP contribution in [0.2, 0.25) is 0 Å². The maximum atomic E-state index is 11.7. The number of nitrogens with zero attached hydrogens (tertiary/aromatic N) is 1. The van der Waals surface area contributed by atoms with Crippen LogP contribution in [0.1, 0.15) is 11.4 Å². The van der Waals surface area contributed by atoms with Gasteiger partial charge in [0.05, 0.1) is 30.4 Å². The van der Waals surface area contributed by atoms with Crippen LogP contribution in [-0.2, 0) is 22.5 Å². The molecule has 88 valence electrons. The fourth-order valence-corrected chi connectivity index (χ4v) is 1.75. The van der Waals surface area contributed by atoms with Crippen LogP contribution in [-0.4, -0.2) is 42.2 Å². The highest BCUT2D eigenvalue weighted by atomic mass is 16.5. The number of aromatic nitrogens is 2. The highest BCUT2D eigenvalue weighted by Crippen LogP contribution is 2.11. The average Bonchev–Trinajstić information content (AvgIpc) is 2.76. The van der Waals surface area contributed by atoms with E-state index < -0.39 is 0 Å². The molecule has 1 aromatic rings. The summed E-state index contributed by atoms with van der Waals surface area (Å²) in [5.74, 6) is 0.00528.